The highest BCUT2D eigenvalue weighted by molar-refractivity contribution is 9.10. The number of thiophene rings is 1. The van der Waals surface area contributed by atoms with Crippen LogP contribution in [0.5, 0.6) is 0 Å². The predicted octanol–water partition coefficient (Wildman–Crippen LogP) is 3.13. The third kappa shape index (κ3) is 3.09. The summed E-state index contributed by atoms with van der Waals surface area (Å²) >= 11 is 5.20. The second kappa shape index (κ2) is 5.51. The van der Waals surface area contributed by atoms with Gasteiger partial charge in [0.25, 0.3) is 0 Å². The molecule has 12 heavy (non-hydrogen) atoms. The molecule has 1 aromatic rings. The van der Waals surface area contributed by atoms with Crippen molar-refractivity contribution in [3.05, 3.63) is 26.9 Å². The standard InChI is InChI=1S/C9H12BrNS/c1-11-5-3-2-4-8-6-12-7-9(8)10/h2,4,6-7,11H,3,5H2,1H3. The molecule has 1 heterocycles. The minimum absolute atomic E-state index is 1.04. The van der Waals surface area contributed by atoms with Gasteiger partial charge in [0.1, 0.15) is 0 Å². The van der Waals surface area contributed by atoms with Gasteiger partial charge in [-0.3, -0.25) is 0 Å². The van der Waals surface area contributed by atoms with Crippen LogP contribution in [0.15, 0.2) is 21.3 Å². The van der Waals surface area contributed by atoms with Crippen LogP contribution in [-0.4, -0.2) is 13.6 Å². The summed E-state index contributed by atoms with van der Waals surface area (Å²) < 4.78 is 1.19. The molecule has 0 aromatic carbocycles. The van der Waals surface area contributed by atoms with E-state index in [1.807, 2.05) is 7.05 Å². The predicted molar refractivity (Wildman–Crippen MR) is 59.6 cm³/mol. The fourth-order valence-electron chi connectivity index (χ4n) is 0.848. The Morgan fingerprint density at radius 1 is 1.58 bits per heavy atom. The highest BCUT2D eigenvalue weighted by Gasteiger charge is 1.93. The van der Waals surface area contributed by atoms with Gasteiger partial charge < -0.3 is 5.32 Å². The van der Waals surface area contributed by atoms with E-state index in [0.717, 1.165) is 13.0 Å². The van der Waals surface area contributed by atoms with E-state index < -0.39 is 0 Å². The summed E-state index contributed by atoms with van der Waals surface area (Å²) in [7, 11) is 1.97. The molecule has 0 unspecified atom stereocenters. The summed E-state index contributed by atoms with van der Waals surface area (Å²) in [6, 6.07) is 0. The molecule has 0 bridgehead atoms. The van der Waals surface area contributed by atoms with E-state index in [9.17, 15) is 0 Å². The Morgan fingerprint density at radius 2 is 2.42 bits per heavy atom. The third-order valence-corrected chi connectivity index (χ3v) is 3.25. The normalized spacial score (nSPS) is 11.2. The zero-order chi connectivity index (χ0) is 8.81. The van der Waals surface area contributed by atoms with Crippen molar-refractivity contribution in [1.29, 1.82) is 0 Å². The first kappa shape index (κ1) is 9.96. The van der Waals surface area contributed by atoms with Crippen LogP contribution in [0.3, 0.4) is 0 Å². The molecule has 0 spiro atoms. The topological polar surface area (TPSA) is 12.0 Å². The molecule has 1 rings (SSSR count). The maximum Gasteiger partial charge on any atom is 0.0354 e. The summed E-state index contributed by atoms with van der Waals surface area (Å²) in [6.45, 7) is 1.04. The number of rotatable bonds is 4. The number of nitrogens with one attached hydrogen (secondary N) is 1. The van der Waals surface area contributed by atoms with Gasteiger partial charge in [-0.25, -0.2) is 0 Å². The van der Waals surface area contributed by atoms with Crippen molar-refractivity contribution in [2.45, 2.75) is 6.42 Å². The van der Waals surface area contributed by atoms with Crippen molar-refractivity contribution in [3.8, 4) is 0 Å². The lowest BCUT2D eigenvalue weighted by atomic mass is 10.3. The van der Waals surface area contributed by atoms with E-state index in [1.165, 1.54) is 10.0 Å². The molecular formula is C9H12BrNS. The van der Waals surface area contributed by atoms with Gasteiger partial charge in [-0.15, -0.1) is 0 Å². The lowest BCUT2D eigenvalue weighted by molar-refractivity contribution is 0.809. The Labute approximate surface area is 85.6 Å². The Hall–Kier alpha value is -0.120. The smallest absolute Gasteiger partial charge is 0.0354 e. The monoisotopic (exact) mass is 245 g/mol. The summed E-state index contributed by atoms with van der Waals surface area (Å²) in [5.74, 6) is 0. The van der Waals surface area contributed by atoms with Crippen molar-refractivity contribution in [2.24, 2.45) is 0 Å². The fraction of sp³-hybridized carbons (Fsp3) is 0.333. The largest absolute Gasteiger partial charge is 0.319 e. The van der Waals surface area contributed by atoms with Crippen LogP contribution in [0.25, 0.3) is 6.08 Å². The van der Waals surface area contributed by atoms with Crippen LogP contribution in [-0.2, 0) is 0 Å². The lowest BCUT2D eigenvalue weighted by Gasteiger charge is -1.91. The molecule has 0 atom stereocenters. The van der Waals surface area contributed by atoms with Crippen molar-refractivity contribution in [1.82, 2.24) is 5.32 Å². The van der Waals surface area contributed by atoms with Crippen LogP contribution < -0.4 is 5.32 Å². The second-order valence-corrected chi connectivity index (χ2v) is 4.07. The fourth-order valence-corrected chi connectivity index (χ4v) is 2.25. The summed E-state index contributed by atoms with van der Waals surface area (Å²) in [5, 5.41) is 7.34. The SMILES string of the molecule is CNCCC=Cc1cscc1Br. The Kier molecular flexibility index (Phi) is 4.58. The number of hydrogen-bond donors (Lipinski definition) is 1. The Morgan fingerprint density at radius 3 is 3.00 bits per heavy atom. The first-order valence-electron chi connectivity index (χ1n) is 3.87. The molecule has 1 aromatic heterocycles. The molecule has 0 aliphatic carbocycles. The quantitative estimate of drug-likeness (QED) is 0.805. The molecule has 0 aliphatic rings. The highest BCUT2D eigenvalue weighted by atomic mass is 79.9. The highest BCUT2D eigenvalue weighted by Crippen LogP contribution is 2.22. The Bertz CT molecular complexity index is 255. The third-order valence-electron chi connectivity index (χ3n) is 1.50. The van der Waals surface area contributed by atoms with Crippen LogP contribution in [0.2, 0.25) is 0 Å². The van der Waals surface area contributed by atoms with Gasteiger partial charge in [0.05, 0.1) is 0 Å². The van der Waals surface area contributed by atoms with Crippen LogP contribution in [0.4, 0.5) is 0 Å². The molecule has 0 saturated heterocycles. The molecule has 3 heteroatoms. The van der Waals surface area contributed by atoms with Gasteiger partial charge in [0.2, 0.25) is 0 Å². The van der Waals surface area contributed by atoms with Crippen molar-refractivity contribution in [3.63, 3.8) is 0 Å². The molecule has 0 radical (unpaired) electrons. The molecule has 0 saturated carbocycles. The molecule has 1 N–H and O–H groups in total. The summed E-state index contributed by atoms with van der Waals surface area (Å²) in [5.41, 5.74) is 1.27. The zero-order valence-corrected chi connectivity index (χ0v) is 9.41. The van der Waals surface area contributed by atoms with Crippen LogP contribution in [0, 0.1) is 0 Å². The van der Waals surface area contributed by atoms with Gasteiger partial charge in [-0.05, 0) is 46.9 Å². The molecule has 0 fully saturated rings. The lowest BCUT2D eigenvalue weighted by Crippen LogP contribution is -2.05. The zero-order valence-electron chi connectivity index (χ0n) is 7.01. The van der Waals surface area contributed by atoms with Crippen LogP contribution >= 0.6 is 27.3 Å². The molecular weight excluding hydrogens is 234 g/mol. The van der Waals surface area contributed by atoms with E-state index in [4.69, 9.17) is 0 Å². The van der Waals surface area contributed by atoms with E-state index >= 15 is 0 Å². The van der Waals surface area contributed by atoms with Gasteiger partial charge in [0.15, 0.2) is 0 Å². The molecule has 0 amide bonds. The molecule has 0 aliphatic heterocycles. The van der Waals surface area contributed by atoms with E-state index in [0.29, 0.717) is 0 Å². The van der Waals surface area contributed by atoms with E-state index in [2.05, 4.69) is 44.2 Å². The molecule has 66 valence electrons. The maximum atomic E-state index is 3.48. The average Bonchev–Trinajstić information content (AvgIpc) is 2.46. The molecule has 1 nitrogen and oxygen atoms in total. The van der Waals surface area contributed by atoms with Gasteiger partial charge in [-0.1, -0.05) is 12.2 Å². The van der Waals surface area contributed by atoms with Gasteiger partial charge in [-0.2, -0.15) is 11.3 Å². The second-order valence-electron chi connectivity index (χ2n) is 2.47. The summed E-state index contributed by atoms with van der Waals surface area (Å²) in [6.07, 6.45) is 5.42. The van der Waals surface area contributed by atoms with Gasteiger partial charge in [0, 0.05) is 9.85 Å². The van der Waals surface area contributed by atoms with E-state index in [-0.39, 0.29) is 0 Å². The maximum absolute atomic E-state index is 3.48. The van der Waals surface area contributed by atoms with Crippen molar-refractivity contribution >= 4 is 33.3 Å². The number of halogens is 1. The van der Waals surface area contributed by atoms with Gasteiger partial charge >= 0.3 is 0 Å². The summed E-state index contributed by atoms with van der Waals surface area (Å²) in [4.78, 5) is 0. The first-order valence-corrected chi connectivity index (χ1v) is 5.61. The Balaban J connectivity index is 2.41. The average molecular weight is 246 g/mol. The minimum atomic E-state index is 1.04. The minimum Gasteiger partial charge on any atom is -0.319 e. The first-order chi connectivity index (χ1) is 5.84. The van der Waals surface area contributed by atoms with Crippen molar-refractivity contribution in [2.75, 3.05) is 13.6 Å². The van der Waals surface area contributed by atoms with Crippen LogP contribution in [0.1, 0.15) is 12.0 Å². The number of hydrogen-bond acceptors (Lipinski definition) is 2. The van der Waals surface area contributed by atoms with E-state index in [1.54, 1.807) is 11.3 Å². The van der Waals surface area contributed by atoms with Crippen molar-refractivity contribution < 1.29 is 0 Å².